The highest BCUT2D eigenvalue weighted by Gasteiger charge is 2.25. The van der Waals surface area contributed by atoms with E-state index in [2.05, 4.69) is 39.1 Å². The normalized spacial score (nSPS) is 17.2. The number of amides is 1. The first kappa shape index (κ1) is 18.2. The molecule has 26 heavy (non-hydrogen) atoms. The molecule has 0 unspecified atom stereocenters. The minimum Gasteiger partial charge on any atom is -0.326 e. The predicted octanol–water partition coefficient (Wildman–Crippen LogP) is 3.04. The van der Waals surface area contributed by atoms with Gasteiger partial charge in [-0.25, -0.2) is 0 Å². The van der Waals surface area contributed by atoms with Gasteiger partial charge in [0.1, 0.15) is 0 Å². The Morgan fingerprint density at radius 1 is 1.35 bits per heavy atom. The molecule has 6 nitrogen and oxygen atoms in total. The van der Waals surface area contributed by atoms with Crippen molar-refractivity contribution in [3.63, 3.8) is 0 Å². The Labute approximate surface area is 154 Å². The molecule has 1 N–H and O–H groups in total. The third-order valence-corrected chi connectivity index (χ3v) is 4.81. The summed E-state index contributed by atoms with van der Waals surface area (Å²) in [7, 11) is 0. The number of hydrogen-bond donors (Lipinski definition) is 1. The standard InChI is InChI=1S/C20H25N5O/c1-15-12-16(2)25(23-15)19-9-11-24(14-19)10-3-4-20(26)22-18-7-5-17(13-21)6-8-18/h5-8,12,19H,3-4,9-11,14H2,1-2H3,(H,22,26)/t19-/m1/s1. The van der Waals surface area contributed by atoms with E-state index in [4.69, 9.17) is 5.26 Å². The molecule has 2 aromatic rings. The van der Waals surface area contributed by atoms with Gasteiger partial charge in [-0.15, -0.1) is 0 Å². The molecule has 0 saturated carbocycles. The summed E-state index contributed by atoms with van der Waals surface area (Å²) in [6.45, 7) is 7.12. The van der Waals surface area contributed by atoms with E-state index in [1.165, 1.54) is 5.69 Å². The molecule has 1 atom stereocenters. The number of nitrogens with one attached hydrogen (secondary N) is 1. The second kappa shape index (κ2) is 8.15. The monoisotopic (exact) mass is 351 g/mol. The fourth-order valence-corrected chi connectivity index (χ4v) is 3.55. The maximum absolute atomic E-state index is 12.1. The van der Waals surface area contributed by atoms with E-state index in [0.29, 0.717) is 18.0 Å². The SMILES string of the molecule is Cc1cc(C)n([C@@H]2CCN(CCCC(=O)Nc3ccc(C#N)cc3)C2)n1. The molecule has 0 radical (unpaired) electrons. The van der Waals surface area contributed by atoms with Crippen LogP contribution in [0.25, 0.3) is 0 Å². The lowest BCUT2D eigenvalue weighted by Gasteiger charge is -2.17. The lowest BCUT2D eigenvalue weighted by molar-refractivity contribution is -0.116. The first-order valence-corrected chi connectivity index (χ1v) is 9.10. The zero-order chi connectivity index (χ0) is 18.5. The number of carbonyl (C=O) groups excluding carboxylic acids is 1. The topological polar surface area (TPSA) is 74.0 Å². The second-order valence-electron chi connectivity index (χ2n) is 6.96. The van der Waals surface area contributed by atoms with Crippen LogP contribution in [0.5, 0.6) is 0 Å². The molecule has 0 bridgehead atoms. The molecule has 2 heterocycles. The lowest BCUT2D eigenvalue weighted by atomic mass is 10.2. The summed E-state index contributed by atoms with van der Waals surface area (Å²) in [4.78, 5) is 14.5. The highest BCUT2D eigenvalue weighted by molar-refractivity contribution is 5.90. The van der Waals surface area contributed by atoms with Crippen molar-refractivity contribution in [1.29, 1.82) is 5.26 Å². The maximum Gasteiger partial charge on any atom is 0.224 e. The number of rotatable bonds is 6. The van der Waals surface area contributed by atoms with Gasteiger partial charge in [0.15, 0.2) is 0 Å². The van der Waals surface area contributed by atoms with Crippen molar-refractivity contribution in [1.82, 2.24) is 14.7 Å². The van der Waals surface area contributed by atoms with Crippen molar-refractivity contribution in [3.05, 3.63) is 47.3 Å². The number of carbonyl (C=O) groups is 1. The Morgan fingerprint density at radius 3 is 2.77 bits per heavy atom. The summed E-state index contributed by atoms with van der Waals surface area (Å²) in [5.74, 6) is 0.0176. The van der Waals surface area contributed by atoms with Crippen LogP contribution in [-0.2, 0) is 4.79 Å². The van der Waals surface area contributed by atoms with Gasteiger partial charge in [-0.2, -0.15) is 10.4 Å². The largest absolute Gasteiger partial charge is 0.326 e. The molecule has 136 valence electrons. The molecule has 3 rings (SSSR count). The number of nitriles is 1. The van der Waals surface area contributed by atoms with Crippen molar-refractivity contribution in [2.75, 3.05) is 25.0 Å². The van der Waals surface area contributed by atoms with Crippen molar-refractivity contribution in [2.45, 2.75) is 39.2 Å². The first-order chi connectivity index (χ1) is 12.5. The Hall–Kier alpha value is -2.65. The number of aromatic nitrogens is 2. The van der Waals surface area contributed by atoms with Gasteiger partial charge in [0.2, 0.25) is 5.91 Å². The molecule has 1 saturated heterocycles. The minimum absolute atomic E-state index is 0.0176. The van der Waals surface area contributed by atoms with Crippen LogP contribution in [0, 0.1) is 25.2 Å². The molecule has 1 aromatic carbocycles. The van der Waals surface area contributed by atoms with Crippen molar-refractivity contribution >= 4 is 11.6 Å². The van der Waals surface area contributed by atoms with Gasteiger partial charge in [-0.3, -0.25) is 9.48 Å². The Bertz CT molecular complexity index is 803. The summed E-state index contributed by atoms with van der Waals surface area (Å²) >= 11 is 0. The number of hydrogen-bond acceptors (Lipinski definition) is 4. The van der Waals surface area contributed by atoms with Crippen molar-refractivity contribution in [3.8, 4) is 6.07 Å². The molecular weight excluding hydrogens is 326 g/mol. The number of anilines is 1. The molecule has 0 aliphatic carbocycles. The summed E-state index contributed by atoms with van der Waals surface area (Å²) in [5.41, 5.74) is 3.62. The van der Waals surface area contributed by atoms with Crippen LogP contribution in [0.4, 0.5) is 5.69 Å². The molecule has 1 fully saturated rings. The molecule has 1 aliphatic rings. The summed E-state index contributed by atoms with van der Waals surface area (Å²) in [5, 5.41) is 16.3. The number of nitrogens with zero attached hydrogens (tertiary/aromatic N) is 4. The third kappa shape index (κ3) is 4.50. The fraction of sp³-hybridized carbons (Fsp3) is 0.450. The van der Waals surface area contributed by atoms with Gasteiger partial charge in [-0.1, -0.05) is 0 Å². The van der Waals surface area contributed by atoms with Crippen LogP contribution in [-0.4, -0.2) is 40.2 Å². The van der Waals surface area contributed by atoms with E-state index in [1.807, 2.05) is 6.92 Å². The van der Waals surface area contributed by atoms with E-state index >= 15 is 0 Å². The lowest BCUT2D eigenvalue weighted by Crippen LogP contribution is -2.24. The Morgan fingerprint density at radius 2 is 2.12 bits per heavy atom. The molecule has 1 aromatic heterocycles. The molecule has 1 amide bonds. The van der Waals surface area contributed by atoms with Crippen LogP contribution in [0.2, 0.25) is 0 Å². The van der Waals surface area contributed by atoms with E-state index in [1.54, 1.807) is 24.3 Å². The highest BCUT2D eigenvalue weighted by Crippen LogP contribution is 2.23. The molecule has 0 spiro atoms. The van der Waals surface area contributed by atoms with Gasteiger partial charge in [0, 0.05) is 30.9 Å². The number of likely N-dealkylation sites (tertiary alicyclic amines) is 1. The smallest absolute Gasteiger partial charge is 0.224 e. The van der Waals surface area contributed by atoms with Crippen LogP contribution >= 0.6 is 0 Å². The molecular formula is C20H25N5O. The van der Waals surface area contributed by atoms with Gasteiger partial charge in [-0.05, 0) is 63.6 Å². The summed E-state index contributed by atoms with van der Waals surface area (Å²) < 4.78 is 2.15. The highest BCUT2D eigenvalue weighted by atomic mass is 16.1. The predicted molar refractivity (Wildman–Crippen MR) is 101 cm³/mol. The zero-order valence-electron chi connectivity index (χ0n) is 15.4. The van der Waals surface area contributed by atoms with Gasteiger partial charge in [0.05, 0.1) is 23.4 Å². The average Bonchev–Trinajstić information content (AvgIpc) is 3.21. The molecule has 1 aliphatic heterocycles. The summed E-state index contributed by atoms with van der Waals surface area (Å²) in [6.07, 6.45) is 2.45. The van der Waals surface area contributed by atoms with E-state index in [0.717, 1.165) is 43.9 Å². The van der Waals surface area contributed by atoms with Gasteiger partial charge >= 0.3 is 0 Å². The van der Waals surface area contributed by atoms with Crippen LogP contribution in [0.15, 0.2) is 30.3 Å². The Balaban J connectivity index is 1.40. The second-order valence-corrected chi connectivity index (χ2v) is 6.96. The fourth-order valence-electron chi connectivity index (χ4n) is 3.55. The van der Waals surface area contributed by atoms with Crippen molar-refractivity contribution < 1.29 is 4.79 Å². The van der Waals surface area contributed by atoms with Gasteiger partial charge < -0.3 is 10.2 Å². The third-order valence-electron chi connectivity index (χ3n) is 4.81. The van der Waals surface area contributed by atoms with E-state index in [9.17, 15) is 4.79 Å². The van der Waals surface area contributed by atoms with Crippen LogP contribution < -0.4 is 5.32 Å². The van der Waals surface area contributed by atoms with Crippen LogP contribution in [0.3, 0.4) is 0 Å². The summed E-state index contributed by atoms with van der Waals surface area (Å²) in [6, 6.07) is 11.6. The number of aryl methyl sites for hydroxylation is 2. The molecule has 6 heteroatoms. The minimum atomic E-state index is 0.0176. The Kier molecular flexibility index (Phi) is 5.69. The van der Waals surface area contributed by atoms with E-state index in [-0.39, 0.29) is 5.91 Å². The average molecular weight is 351 g/mol. The first-order valence-electron chi connectivity index (χ1n) is 9.10. The van der Waals surface area contributed by atoms with Gasteiger partial charge in [0.25, 0.3) is 0 Å². The van der Waals surface area contributed by atoms with Crippen molar-refractivity contribution in [2.24, 2.45) is 0 Å². The van der Waals surface area contributed by atoms with Crippen LogP contribution in [0.1, 0.15) is 42.3 Å². The van der Waals surface area contributed by atoms with E-state index < -0.39 is 0 Å². The maximum atomic E-state index is 12.1. The zero-order valence-corrected chi connectivity index (χ0v) is 15.4. The quantitative estimate of drug-likeness (QED) is 0.868. The number of benzene rings is 1.